The maximum atomic E-state index is 6.00. The molecule has 0 unspecified atom stereocenters. The van der Waals surface area contributed by atoms with Gasteiger partial charge in [-0.2, -0.15) is 0 Å². The predicted octanol–water partition coefficient (Wildman–Crippen LogP) is 4.34. The van der Waals surface area contributed by atoms with E-state index in [9.17, 15) is 0 Å². The third-order valence-corrected chi connectivity index (χ3v) is 5.41. The van der Waals surface area contributed by atoms with Crippen LogP contribution in [-0.2, 0) is 13.3 Å². The van der Waals surface area contributed by atoms with E-state index in [2.05, 4.69) is 27.7 Å². The Morgan fingerprint density at radius 2 is 1.16 bits per heavy atom. The summed E-state index contributed by atoms with van der Waals surface area (Å²) in [6, 6.07) is 2.04. The van der Waals surface area contributed by atoms with Gasteiger partial charge in [0.15, 0.2) is 0 Å². The highest BCUT2D eigenvalue weighted by molar-refractivity contribution is 6.64. The Labute approximate surface area is 121 Å². The maximum absolute atomic E-state index is 6.00. The lowest BCUT2D eigenvalue weighted by molar-refractivity contribution is 0.0636. The molecule has 0 N–H and O–H groups in total. The highest BCUT2D eigenvalue weighted by Gasteiger charge is 2.40. The van der Waals surface area contributed by atoms with Crippen LogP contribution in [0.2, 0.25) is 0 Å². The van der Waals surface area contributed by atoms with E-state index in [4.69, 9.17) is 13.3 Å². The predicted molar refractivity (Wildman–Crippen MR) is 82.6 cm³/mol. The Morgan fingerprint density at radius 3 is 1.42 bits per heavy atom. The molecule has 0 aromatic carbocycles. The van der Waals surface area contributed by atoms with Gasteiger partial charge >= 0.3 is 8.80 Å². The molecule has 4 heteroatoms. The molecule has 0 aromatic heterocycles. The van der Waals surface area contributed by atoms with E-state index in [0.29, 0.717) is 6.42 Å². The van der Waals surface area contributed by atoms with Gasteiger partial charge in [-0.15, -0.1) is 0 Å². The van der Waals surface area contributed by atoms with E-state index in [1.807, 2.05) is 6.04 Å². The summed E-state index contributed by atoms with van der Waals surface area (Å²) in [6.45, 7) is 12.5. The molecule has 0 bridgehead atoms. The highest BCUT2D eigenvalue weighted by atomic mass is 28.4. The molecule has 0 amide bonds. The van der Waals surface area contributed by atoms with E-state index >= 15 is 0 Å². The van der Waals surface area contributed by atoms with Crippen LogP contribution in [0.1, 0.15) is 65.7 Å². The highest BCUT2D eigenvalue weighted by Crippen LogP contribution is 2.18. The molecule has 0 spiro atoms. The molecule has 0 aromatic rings. The van der Waals surface area contributed by atoms with Crippen LogP contribution in [-0.4, -0.2) is 28.6 Å². The molecule has 0 saturated heterocycles. The average molecular weight is 289 g/mol. The van der Waals surface area contributed by atoms with Crippen molar-refractivity contribution in [2.75, 3.05) is 19.8 Å². The van der Waals surface area contributed by atoms with Crippen LogP contribution in [0.25, 0.3) is 0 Å². The molecule has 0 aliphatic rings. The molecule has 0 fully saturated rings. The molecule has 0 atom stereocenters. The second kappa shape index (κ2) is 13.1. The first-order valence-corrected chi connectivity index (χ1v) is 9.60. The SMILES string of the molecule is [CH2]C[CH][Si](OCCCC)(OCCCC)OCCCC. The first kappa shape index (κ1) is 19.1. The third-order valence-electron chi connectivity index (χ3n) is 2.80. The summed E-state index contributed by atoms with van der Waals surface area (Å²) >= 11 is 0. The second-order valence-corrected chi connectivity index (χ2v) is 7.18. The molecular formula is C15H32O3Si. The molecule has 2 radical (unpaired) electrons. The first-order valence-electron chi connectivity index (χ1n) is 7.80. The quantitative estimate of drug-likeness (QED) is 0.351. The van der Waals surface area contributed by atoms with Crippen molar-refractivity contribution >= 4 is 8.80 Å². The molecule has 0 saturated carbocycles. The zero-order chi connectivity index (χ0) is 14.4. The van der Waals surface area contributed by atoms with Crippen molar-refractivity contribution in [3.63, 3.8) is 0 Å². The summed E-state index contributed by atoms with van der Waals surface area (Å²) in [4.78, 5) is 0. The fourth-order valence-corrected chi connectivity index (χ4v) is 3.80. The number of hydrogen-bond acceptors (Lipinski definition) is 3. The molecule has 114 valence electrons. The fraction of sp³-hybridized carbons (Fsp3) is 0.867. The van der Waals surface area contributed by atoms with Crippen molar-refractivity contribution in [3.05, 3.63) is 13.0 Å². The second-order valence-electron chi connectivity index (χ2n) is 4.70. The third kappa shape index (κ3) is 9.60. The molecule has 0 heterocycles. The fourth-order valence-electron chi connectivity index (χ4n) is 1.55. The summed E-state index contributed by atoms with van der Waals surface area (Å²) in [7, 11) is -2.59. The van der Waals surface area contributed by atoms with Gasteiger partial charge in [-0.1, -0.05) is 47.0 Å². The number of hydrogen-bond donors (Lipinski definition) is 0. The molecule has 0 aliphatic heterocycles. The Morgan fingerprint density at radius 1 is 0.789 bits per heavy atom. The monoisotopic (exact) mass is 288 g/mol. The minimum absolute atomic E-state index is 0.691. The van der Waals surface area contributed by atoms with Gasteiger partial charge in [-0.25, -0.2) is 0 Å². The standard InChI is InChI=1S/C15H32O3Si/c1-5-9-12-16-19(15-8-4,17-13-10-6-2)18-14-11-7-3/h15H,4-14H2,1-3H3. The van der Waals surface area contributed by atoms with Crippen molar-refractivity contribution in [1.82, 2.24) is 0 Å². The van der Waals surface area contributed by atoms with Crippen molar-refractivity contribution in [3.8, 4) is 0 Å². The zero-order valence-electron chi connectivity index (χ0n) is 13.1. The minimum atomic E-state index is -2.59. The smallest absolute Gasteiger partial charge is 0.373 e. The Kier molecular flexibility index (Phi) is 13.2. The number of rotatable bonds is 14. The van der Waals surface area contributed by atoms with E-state index < -0.39 is 8.80 Å². The van der Waals surface area contributed by atoms with Crippen LogP contribution >= 0.6 is 0 Å². The molecule has 0 aliphatic carbocycles. The lowest BCUT2D eigenvalue weighted by atomic mass is 10.4. The van der Waals surface area contributed by atoms with E-state index in [1.54, 1.807) is 0 Å². The van der Waals surface area contributed by atoms with Gasteiger partial charge in [0, 0.05) is 25.9 Å². The van der Waals surface area contributed by atoms with Crippen LogP contribution < -0.4 is 0 Å². The molecular weight excluding hydrogens is 256 g/mol. The minimum Gasteiger partial charge on any atom is -0.373 e. The van der Waals surface area contributed by atoms with Crippen molar-refractivity contribution in [2.24, 2.45) is 0 Å². The van der Waals surface area contributed by atoms with Gasteiger partial charge in [0.1, 0.15) is 0 Å². The maximum Gasteiger partial charge on any atom is 0.504 e. The molecule has 3 nitrogen and oxygen atoms in total. The van der Waals surface area contributed by atoms with Crippen molar-refractivity contribution in [1.29, 1.82) is 0 Å². The molecule has 19 heavy (non-hydrogen) atoms. The summed E-state index contributed by atoms with van der Waals surface area (Å²) in [5, 5.41) is 0. The Balaban J connectivity index is 4.37. The van der Waals surface area contributed by atoms with Crippen LogP contribution in [0.15, 0.2) is 0 Å². The van der Waals surface area contributed by atoms with Crippen LogP contribution in [0, 0.1) is 13.0 Å². The lowest BCUT2D eigenvalue weighted by Gasteiger charge is -2.29. The largest absolute Gasteiger partial charge is 0.504 e. The van der Waals surface area contributed by atoms with Gasteiger partial charge in [0.2, 0.25) is 0 Å². The molecule has 0 rings (SSSR count). The van der Waals surface area contributed by atoms with Crippen LogP contribution in [0.5, 0.6) is 0 Å². The Bertz CT molecular complexity index is 162. The first-order chi connectivity index (χ1) is 9.24. The van der Waals surface area contributed by atoms with E-state index in [-0.39, 0.29) is 0 Å². The van der Waals surface area contributed by atoms with E-state index in [1.165, 1.54) is 0 Å². The van der Waals surface area contributed by atoms with Crippen molar-refractivity contribution in [2.45, 2.75) is 65.7 Å². The Hall–Kier alpha value is 0.0969. The van der Waals surface area contributed by atoms with Gasteiger partial charge in [-0.05, 0) is 25.7 Å². The summed E-state index contributed by atoms with van der Waals surface area (Å²) in [5.74, 6) is 0. The topological polar surface area (TPSA) is 27.7 Å². The summed E-state index contributed by atoms with van der Waals surface area (Å²) < 4.78 is 18.0. The van der Waals surface area contributed by atoms with Gasteiger partial charge in [0.05, 0.1) is 0 Å². The lowest BCUT2D eigenvalue weighted by Crippen LogP contribution is -2.47. The zero-order valence-corrected chi connectivity index (χ0v) is 14.1. The van der Waals surface area contributed by atoms with Gasteiger partial charge < -0.3 is 13.3 Å². The van der Waals surface area contributed by atoms with Crippen LogP contribution in [0.4, 0.5) is 0 Å². The number of unbranched alkanes of at least 4 members (excludes halogenated alkanes) is 3. The summed E-state index contributed by atoms with van der Waals surface area (Å²) in [6.07, 6.45) is 7.21. The normalized spacial score (nSPS) is 12.0. The van der Waals surface area contributed by atoms with Gasteiger partial charge in [0.25, 0.3) is 0 Å². The summed E-state index contributed by atoms with van der Waals surface area (Å²) in [5.41, 5.74) is 0. The van der Waals surface area contributed by atoms with Crippen LogP contribution in [0.3, 0.4) is 0 Å². The van der Waals surface area contributed by atoms with Crippen molar-refractivity contribution < 1.29 is 13.3 Å². The average Bonchev–Trinajstić information content (AvgIpc) is 2.40. The van der Waals surface area contributed by atoms with Gasteiger partial charge in [-0.3, -0.25) is 0 Å². The van der Waals surface area contributed by atoms with E-state index in [0.717, 1.165) is 58.3 Å².